The zero-order valence-electron chi connectivity index (χ0n) is 10.3. The van der Waals surface area contributed by atoms with Crippen LogP contribution in [0.5, 0.6) is 0 Å². The van der Waals surface area contributed by atoms with E-state index < -0.39 is 11.6 Å². The van der Waals surface area contributed by atoms with Crippen LogP contribution in [0, 0.1) is 11.6 Å². The second-order valence-electron chi connectivity index (χ2n) is 4.66. The first-order valence-electron chi connectivity index (χ1n) is 6.06. The van der Waals surface area contributed by atoms with Gasteiger partial charge in [0.2, 0.25) is 0 Å². The van der Waals surface area contributed by atoms with Crippen molar-refractivity contribution in [3.8, 4) is 0 Å². The van der Waals surface area contributed by atoms with Crippen molar-refractivity contribution in [2.45, 2.75) is 28.7 Å². The van der Waals surface area contributed by atoms with E-state index in [0.717, 1.165) is 36.7 Å². The van der Waals surface area contributed by atoms with E-state index in [1.807, 2.05) is 0 Å². The monoisotopic (exact) mass is 295 g/mol. The summed E-state index contributed by atoms with van der Waals surface area (Å²) < 4.78 is 27.4. The van der Waals surface area contributed by atoms with Crippen LogP contribution in [-0.4, -0.2) is 9.97 Å². The summed E-state index contributed by atoms with van der Waals surface area (Å²) in [5.41, 5.74) is 5.05. The molecule has 0 spiro atoms. The molecule has 0 bridgehead atoms. The van der Waals surface area contributed by atoms with Crippen LogP contribution in [0.1, 0.15) is 24.6 Å². The fourth-order valence-corrected chi connectivity index (χ4v) is 2.67. The normalized spacial score (nSPS) is 14.5. The molecular formula is C13H11F2N3OS. The summed E-state index contributed by atoms with van der Waals surface area (Å²) in [6, 6.07) is 3.31. The van der Waals surface area contributed by atoms with Crippen molar-refractivity contribution in [2.24, 2.45) is 0 Å². The molecule has 1 aromatic carbocycles. The van der Waals surface area contributed by atoms with E-state index in [1.165, 1.54) is 6.07 Å². The number of anilines is 1. The summed E-state index contributed by atoms with van der Waals surface area (Å²) in [7, 11) is 0. The fourth-order valence-electron chi connectivity index (χ4n) is 1.84. The summed E-state index contributed by atoms with van der Waals surface area (Å²) in [5, 5.41) is 0.276. The molecule has 1 aliphatic rings. The summed E-state index contributed by atoms with van der Waals surface area (Å²) in [5.74, 6) is -0.689. The van der Waals surface area contributed by atoms with E-state index >= 15 is 0 Å². The molecular weight excluding hydrogens is 284 g/mol. The van der Waals surface area contributed by atoms with E-state index in [0.29, 0.717) is 5.82 Å². The van der Waals surface area contributed by atoms with Gasteiger partial charge in [-0.25, -0.2) is 13.8 Å². The molecule has 1 saturated carbocycles. The van der Waals surface area contributed by atoms with Crippen molar-refractivity contribution in [3.63, 3.8) is 0 Å². The number of halogens is 2. The van der Waals surface area contributed by atoms with Crippen LogP contribution < -0.4 is 11.3 Å². The molecule has 104 valence electrons. The quantitative estimate of drug-likeness (QED) is 0.674. The summed E-state index contributed by atoms with van der Waals surface area (Å²) in [4.78, 5) is 18.2. The molecule has 3 N–H and O–H groups in total. The Morgan fingerprint density at radius 2 is 1.90 bits per heavy atom. The largest absolute Gasteiger partial charge is 0.399 e. The molecule has 0 radical (unpaired) electrons. The molecule has 7 heteroatoms. The topological polar surface area (TPSA) is 71.8 Å². The number of H-pyrrole nitrogens is 1. The molecule has 0 aliphatic heterocycles. The molecule has 1 aliphatic carbocycles. The molecule has 0 amide bonds. The lowest BCUT2D eigenvalue weighted by molar-refractivity contribution is 0.541. The Bertz CT molecular complexity index is 705. The molecule has 1 heterocycles. The molecule has 0 unspecified atom stereocenters. The van der Waals surface area contributed by atoms with Gasteiger partial charge in [0.1, 0.15) is 22.5 Å². The molecule has 20 heavy (non-hydrogen) atoms. The Morgan fingerprint density at radius 3 is 2.50 bits per heavy atom. The van der Waals surface area contributed by atoms with E-state index in [1.54, 1.807) is 0 Å². The highest BCUT2D eigenvalue weighted by Crippen LogP contribution is 2.39. The lowest BCUT2D eigenvalue weighted by Gasteiger charge is -2.06. The van der Waals surface area contributed by atoms with Gasteiger partial charge in [-0.1, -0.05) is 11.8 Å². The second-order valence-corrected chi connectivity index (χ2v) is 5.69. The van der Waals surface area contributed by atoms with Gasteiger partial charge in [-0.05, 0) is 25.0 Å². The molecule has 4 nitrogen and oxygen atoms in total. The predicted octanol–water partition coefficient (Wildman–Crippen LogP) is 2.66. The summed E-state index contributed by atoms with van der Waals surface area (Å²) in [6.07, 6.45) is 1.95. The second kappa shape index (κ2) is 4.90. The Balaban J connectivity index is 1.97. The van der Waals surface area contributed by atoms with Crippen molar-refractivity contribution < 1.29 is 8.78 Å². The maximum absolute atomic E-state index is 13.7. The number of nitrogens with two attached hydrogens (primary N) is 1. The van der Waals surface area contributed by atoms with Crippen LogP contribution in [0.3, 0.4) is 0 Å². The van der Waals surface area contributed by atoms with Gasteiger partial charge >= 0.3 is 0 Å². The zero-order valence-corrected chi connectivity index (χ0v) is 11.1. The minimum atomic E-state index is -0.762. The molecule has 0 saturated heterocycles. The van der Waals surface area contributed by atoms with Crippen LogP contribution in [0.4, 0.5) is 14.5 Å². The molecule has 2 aromatic rings. The van der Waals surface area contributed by atoms with Crippen molar-refractivity contribution in [1.82, 2.24) is 9.97 Å². The van der Waals surface area contributed by atoms with Gasteiger partial charge in [-0.15, -0.1) is 0 Å². The summed E-state index contributed by atoms with van der Waals surface area (Å²) >= 11 is 0.786. The fraction of sp³-hybridized carbons (Fsp3) is 0.231. The number of nitrogens with zero attached hydrogens (tertiary/aromatic N) is 1. The van der Waals surface area contributed by atoms with Crippen LogP contribution in [0.15, 0.2) is 32.9 Å². The van der Waals surface area contributed by atoms with Gasteiger partial charge in [0.15, 0.2) is 0 Å². The van der Waals surface area contributed by atoms with Gasteiger partial charge < -0.3 is 10.7 Å². The number of rotatable bonds is 3. The lowest BCUT2D eigenvalue weighted by atomic mass is 10.3. The molecule has 3 rings (SSSR count). The minimum absolute atomic E-state index is 0.0156. The maximum Gasteiger partial charge on any atom is 0.252 e. The Hall–Kier alpha value is -1.89. The molecule has 0 atom stereocenters. The Morgan fingerprint density at radius 1 is 1.25 bits per heavy atom. The number of nitrogens with one attached hydrogen (secondary N) is 1. The van der Waals surface area contributed by atoms with Crippen molar-refractivity contribution in [2.75, 3.05) is 5.73 Å². The number of hydrogen-bond acceptors (Lipinski definition) is 4. The first-order valence-corrected chi connectivity index (χ1v) is 6.88. The van der Waals surface area contributed by atoms with Gasteiger partial charge in [-0.3, -0.25) is 4.79 Å². The van der Waals surface area contributed by atoms with Gasteiger partial charge in [-0.2, -0.15) is 0 Å². The first-order chi connectivity index (χ1) is 9.52. The summed E-state index contributed by atoms with van der Waals surface area (Å²) in [6.45, 7) is 0. The smallest absolute Gasteiger partial charge is 0.252 e. The maximum atomic E-state index is 13.7. The van der Waals surface area contributed by atoms with Crippen LogP contribution in [0.2, 0.25) is 0 Å². The highest BCUT2D eigenvalue weighted by molar-refractivity contribution is 7.99. The van der Waals surface area contributed by atoms with Crippen LogP contribution in [0.25, 0.3) is 0 Å². The average molecular weight is 295 g/mol. The van der Waals surface area contributed by atoms with Gasteiger partial charge in [0.05, 0.1) is 4.90 Å². The van der Waals surface area contributed by atoms with Crippen molar-refractivity contribution >= 4 is 17.4 Å². The SMILES string of the molecule is Nc1cc(F)c(Sc2cc(=O)[nH]c(C3CC3)n2)c(F)c1. The van der Waals surface area contributed by atoms with Crippen molar-refractivity contribution in [1.29, 1.82) is 0 Å². The third-order valence-corrected chi connectivity index (χ3v) is 3.94. The van der Waals surface area contributed by atoms with Gasteiger partial charge in [0, 0.05) is 17.7 Å². The number of aromatic nitrogens is 2. The number of nitrogen functional groups attached to an aromatic ring is 1. The minimum Gasteiger partial charge on any atom is -0.399 e. The van der Waals surface area contributed by atoms with Crippen LogP contribution >= 0.6 is 11.8 Å². The zero-order chi connectivity index (χ0) is 14.3. The van der Waals surface area contributed by atoms with E-state index in [4.69, 9.17) is 5.73 Å². The lowest BCUT2D eigenvalue weighted by Crippen LogP contribution is -2.10. The third kappa shape index (κ3) is 2.67. The van der Waals surface area contributed by atoms with Crippen LogP contribution in [-0.2, 0) is 0 Å². The number of benzene rings is 1. The molecule has 1 aromatic heterocycles. The Kier molecular flexibility index (Phi) is 3.21. The highest BCUT2D eigenvalue weighted by atomic mass is 32.2. The van der Waals surface area contributed by atoms with Gasteiger partial charge in [0.25, 0.3) is 5.56 Å². The Labute approximate surface area is 117 Å². The number of hydrogen-bond donors (Lipinski definition) is 2. The van der Waals surface area contributed by atoms with E-state index in [9.17, 15) is 13.6 Å². The molecule has 1 fully saturated rings. The average Bonchev–Trinajstić information content (AvgIpc) is 3.17. The van der Waals surface area contributed by atoms with E-state index in [-0.39, 0.29) is 27.1 Å². The highest BCUT2D eigenvalue weighted by Gasteiger charge is 2.26. The predicted molar refractivity (Wildman–Crippen MR) is 71.7 cm³/mol. The van der Waals surface area contributed by atoms with Crippen molar-refractivity contribution in [3.05, 3.63) is 46.0 Å². The first kappa shape index (κ1) is 13.1. The van der Waals surface area contributed by atoms with E-state index in [2.05, 4.69) is 9.97 Å². The third-order valence-electron chi connectivity index (χ3n) is 2.93. The standard InChI is InChI=1S/C13H11F2N3OS/c14-8-3-7(16)4-9(15)12(8)20-11-5-10(19)17-13(18-11)6-1-2-6/h3-6H,1-2,16H2,(H,17,18,19). The number of aromatic amines is 1.